The summed E-state index contributed by atoms with van der Waals surface area (Å²) in [7, 11) is -4.51. The number of barbiturate groups is 1. The molecule has 1 saturated heterocycles. The number of aromatic nitrogens is 3. The fraction of sp³-hybridized carbons (Fsp3) is 0.111. The molecule has 0 radical (unpaired) electrons. The topological polar surface area (TPSA) is 270 Å². The van der Waals surface area contributed by atoms with Crippen molar-refractivity contribution in [3.05, 3.63) is 129 Å². The molecular weight excluding hydrogens is 739 g/mol. The highest BCUT2D eigenvalue weighted by Gasteiger charge is 2.36. The van der Waals surface area contributed by atoms with Crippen LogP contribution in [0.15, 0.2) is 106 Å². The first-order valence-electron chi connectivity index (χ1n) is 16.1. The molecule has 0 bridgehead atoms. The lowest BCUT2D eigenvalue weighted by Gasteiger charge is -2.26. The van der Waals surface area contributed by atoms with Crippen LogP contribution in [0.2, 0.25) is 0 Å². The molecule has 18 nitrogen and oxygen atoms in total. The number of nitrogens with zero attached hydrogens (tertiary/aromatic N) is 3. The number of aromatic amines is 1. The maximum Gasteiger partial charge on any atom is 0.335 e. The molecule has 1 aliphatic heterocycles. The van der Waals surface area contributed by atoms with Crippen molar-refractivity contribution >= 4 is 68.5 Å². The Kier molecular flexibility index (Phi) is 11.8. The highest BCUT2D eigenvalue weighted by molar-refractivity contribution is 7.85. The van der Waals surface area contributed by atoms with Gasteiger partial charge in [0.1, 0.15) is 11.1 Å². The van der Waals surface area contributed by atoms with Crippen molar-refractivity contribution in [1.29, 1.82) is 0 Å². The molecule has 5 N–H and O–H groups in total. The quantitative estimate of drug-likeness (QED) is 0.0601. The van der Waals surface area contributed by atoms with E-state index in [9.17, 15) is 51.6 Å². The second-order valence-corrected chi connectivity index (χ2v) is 13.2. The fourth-order valence-electron chi connectivity index (χ4n) is 5.26. The molecule has 0 atom stereocenters. The maximum absolute atomic E-state index is 13.6. The predicted octanol–water partition coefficient (Wildman–Crippen LogP) is 2.15. The smallest absolute Gasteiger partial charge is 0.335 e. The average Bonchev–Trinajstić information content (AvgIpc) is 3.10. The third kappa shape index (κ3) is 9.80. The Morgan fingerprint density at radius 1 is 0.945 bits per heavy atom. The zero-order valence-corrected chi connectivity index (χ0v) is 29.5. The summed E-state index contributed by atoms with van der Waals surface area (Å²) in [6.07, 6.45) is 7.43. The molecule has 282 valence electrons. The SMILES string of the molecule is CC(=O)Nc1cccc(-n2c(=O)[nH]c(O)c(C=CC(=CC=C3C(=O)NC(=O)N(c4cccc(NC(=O)CCCS(=O)(=O)[O-])c4)C3=O)c3ccncc3)c2=O)c1. The molecule has 1 fully saturated rings. The van der Waals surface area contributed by atoms with E-state index in [1.165, 1.54) is 80.0 Å². The summed E-state index contributed by atoms with van der Waals surface area (Å²) < 4.78 is 33.2. The number of carbonyl (C=O) groups is 5. The minimum absolute atomic E-state index is 0.0356. The van der Waals surface area contributed by atoms with Crippen LogP contribution in [0, 0.1) is 0 Å². The number of pyridine rings is 1. The normalized spacial score (nSPS) is 14.3. The van der Waals surface area contributed by atoms with Gasteiger partial charge < -0.3 is 20.3 Å². The van der Waals surface area contributed by atoms with E-state index in [0.29, 0.717) is 16.2 Å². The van der Waals surface area contributed by atoms with E-state index in [-0.39, 0.29) is 46.9 Å². The molecular formula is C36H30N7O11S-. The van der Waals surface area contributed by atoms with Crippen LogP contribution in [-0.2, 0) is 29.3 Å². The lowest BCUT2D eigenvalue weighted by molar-refractivity contribution is -0.123. The molecule has 3 heterocycles. The van der Waals surface area contributed by atoms with E-state index >= 15 is 0 Å². The number of imide groups is 2. The standard InChI is InChI=1S/C36H31N7O11S/c1-21(44)38-24-5-2-7-26(19-24)42-33(48)28(31(46)40-35(42)50)12-10-22(23-14-16-37-17-15-23)11-13-29-32(47)41-36(51)43(34(29)49)27-8-3-6-25(20-27)39-30(45)9-4-18-55(52,53)54/h2-3,5-8,10-17,19-20,46H,4,9,18H2,1H3,(H,38,44)(H,39,45)(H,40,50)(H,41,47,51)(H,52,53,54)/p-1. The molecule has 6 amide bonds. The Morgan fingerprint density at radius 2 is 1.60 bits per heavy atom. The van der Waals surface area contributed by atoms with Gasteiger partial charge in [-0.25, -0.2) is 27.5 Å². The van der Waals surface area contributed by atoms with Crippen molar-refractivity contribution < 1.29 is 42.0 Å². The van der Waals surface area contributed by atoms with Gasteiger partial charge in [0.15, 0.2) is 0 Å². The van der Waals surface area contributed by atoms with Gasteiger partial charge in [-0.3, -0.25) is 39.3 Å². The van der Waals surface area contributed by atoms with Crippen molar-refractivity contribution in [2.24, 2.45) is 0 Å². The second kappa shape index (κ2) is 16.6. The van der Waals surface area contributed by atoms with Gasteiger partial charge in [-0.05, 0) is 78.2 Å². The molecule has 1 aliphatic rings. The summed E-state index contributed by atoms with van der Waals surface area (Å²) in [6, 6.07) is 13.5. The molecule has 0 saturated carbocycles. The van der Waals surface area contributed by atoms with Crippen molar-refractivity contribution in [2.45, 2.75) is 19.8 Å². The largest absolute Gasteiger partial charge is 0.748 e. The summed E-state index contributed by atoms with van der Waals surface area (Å²) in [5.41, 5.74) is -1.47. The van der Waals surface area contributed by atoms with Gasteiger partial charge in [-0.2, -0.15) is 0 Å². The molecule has 19 heteroatoms. The van der Waals surface area contributed by atoms with Gasteiger partial charge >= 0.3 is 11.7 Å². The molecule has 55 heavy (non-hydrogen) atoms. The number of carbonyl (C=O) groups excluding carboxylic acids is 5. The molecule has 0 spiro atoms. The highest BCUT2D eigenvalue weighted by Crippen LogP contribution is 2.25. The lowest BCUT2D eigenvalue weighted by atomic mass is 10.0. The molecule has 5 rings (SSSR count). The predicted molar refractivity (Wildman–Crippen MR) is 198 cm³/mol. The van der Waals surface area contributed by atoms with Gasteiger partial charge in [0.2, 0.25) is 17.7 Å². The summed E-state index contributed by atoms with van der Waals surface area (Å²) in [6.45, 7) is 1.29. The molecule has 2 aromatic carbocycles. The van der Waals surface area contributed by atoms with Crippen molar-refractivity contribution in [1.82, 2.24) is 19.9 Å². The van der Waals surface area contributed by atoms with Gasteiger partial charge in [-0.15, -0.1) is 0 Å². The number of allylic oxidation sites excluding steroid dienone is 4. The first-order valence-corrected chi connectivity index (χ1v) is 17.7. The zero-order chi connectivity index (χ0) is 39.9. The summed E-state index contributed by atoms with van der Waals surface area (Å²) >= 11 is 0. The van der Waals surface area contributed by atoms with Crippen LogP contribution < -0.4 is 32.1 Å². The first-order chi connectivity index (χ1) is 26.1. The maximum atomic E-state index is 13.6. The minimum Gasteiger partial charge on any atom is -0.748 e. The number of anilines is 3. The Balaban J connectivity index is 1.47. The number of benzene rings is 2. The van der Waals surface area contributed by atoms with Gasteiger partial charge in [0, 0.05) is 42.9 Å². The van der Waals surface area contributed by atoms with Crippen LogP contribution in [0.3, 0.4) is 0 Å². The Bertz CT molecular complexity index is 2540. The van der Waals surface area contributed by atoms with Crippen LogP contribution in [0.5, 0.6) is 5.88 Å². The van der Waals surface area contributed by atoms with Crippen molar-refractivity contribution in [2.75, 3.05) is 21.3 Å². The first kappa shape index (κ1) is 39.0. The number of amides is 6. The van der Waals surface area contributed by atoms with Crippen LogP contribution >= 0.6 is 0 Å². The summed E-state index contributed by atoms with van der Waals surface area (Å²) in [5.74, 6) is -4.55. The van der Waals surface area contributed by atoms with E-state index in [1.54, 1.807) is 18.2 Å². The minimum atomic E-state index is -4.51. The second-order valence-electron chi connectivity index (χ2n) is 11.7. The average molecular weight is 769 g/mol. The summed E-state index contributed by atoms with van der Waals surface area (Å²) in [4.78, 5) is 96.5. The van der Waals surface area contributed by atoms with E-state index in [2.05, 4.69) is 25.9 Å². The monoisotopic (exact) mass is 768 g/mol. The van der Waals surface area contributed by atoms with Crippen LogP contribution in [-0.4, -0.2) is 68.0 Å². The third-order valence-electron chi connectivity index (χ3n) is 7.70. The lowest BCUT2D eigenvalue weighted by Crippen LogP contribution is -2.54. The number of aromatic hydroxyl groups is 1. The number of hydrogen-bond donors (Lipinski definition) is 5. The number of H-pyrrole nitrogens is 1. The van der Waals surface area contributed by atoms with Crippen LogP contribution in [0.25, 0.3) is 17.3 Å². The van der Waals surface area contributed by atoms with Crippen molar-refractivity contribution in [3.63, 3.8) is 0 Å². The van der Waals surface area contributed by atoms with Gasteiger partial charge in [0.05, 0.1) is 21.5 Å². The zero-order valence-electron chi connectivity index (χ0n) is 28.6. The number of urea groups is 1. The summed E-state index contributed by atoms with van der Waals surface area (Å²) in [5, 5.41) is 17.7. The van der Waals surface area contributed by atoms with Crippen LogP contribution in [0.4, 0.5) is 21.9 Å². The van der Waals surface area contributed by atoms with Gasteiger partial charge in [-0.1, -0.05) is 24.3 Å². The van der Waals surface area contributed by atoms with Crippen molar-refractivity contribution in [3.8, 4) is 11.6 Å². The van der Waals surface area contributed by atoms with Gasteiger partial charge in [0.25, 0.3) is 17.4 Å². The molecule has 0 aliphatic carbocycles. The highest BCUT2D eigenvalue weighted by atomic mass is 32.2. The Labute approximate surface area is 311 Å². The molecule has 0 unspecified atom stereocenters. The van der Waals surface area contributed by atoms with E-state index < -0.39 is 62.3 Å². The number of nitrogens with one attached hydrogen (secondary N) is 4. The Morgan fingerprint density at radius 3 is 2.27 bits per heavy atom. The van der Waals surface area contributed by atoms with E-state index in [4.69, 9.17) is 0 Å². The van der Waals surface area contributed by atoms with E-state index in [1.807, 2.05) is 0 Å². The molecule has 2 aromatic heterocycles. The molecule has 4 aromatic rings. The fourth-order valence-corrected chi connectivity index (χ4v) is 5.75. The van der Waals surface area contributed by atoms with E-state index in [0.717, 1.165) is 10.6 Å². The third-order valence-corrected chi connectivity index (χ3v) is 8.49. The number of hydrogen-bond acceptors (Lipinski definition) is 12. The van der Waals surface area contributed by atoms with Crippen LogP contribution in [0.1, 0.15) is 30.9 Å². The number of rotatable bonds is 12. The Hall–Kier alpha value is -7.25.